The van der Waals surface area contributed by atoms with Gasteiger partial charge in [0.15, 0.2) is 0 Å². The van der Waals surface area contributed by atoms with Gasteiger partial charge in [0.25, 0.3) is 0 Å². The molecule has 1 fully saturated rings. The number of hydrogen-bond acceptors (Lipinski definition) is 2. The van der Waals surface area contributed by atoms with E-state index < -0.39 is 0 Å². The first-order valence-electron chi connectivity index (χ1n) is 6.98. The van der Waals surface area contributed by atoms with Gasteiger partial charge in [-0.15, -0.1) is 0 Å². The second-order valence-corrected chi connectivity index (χ2v) is 5.53. The van der Waals surface area contributed by atoms with Crippen LogP contribution >= 0.6 is 0 Å². The van der Waals surface area contributed by atoms with Crippen molar-refractivity contribution in [2.24, 2.45) is 7.05 Å². The van der Waals surface area contributed by atoms with Crippen molar-refractivity contribution in [3.8, 4) is 0 Å². The van der Waals surface area contributed by atoms with E-state index in [1.165, 1.54) is 24.1 Å². The molecule has 0 aliphatic carbocycles. The Hall–Kier alpha value is -1.61. The number of hydrogen-bond donors (Lipinski definition) is 0. The Balaban J connectivity index is 1.68. The highest BCUT2D eigenvalue weighted by Crippen LogP contribution is 2.29. The number of aryl methyl sites for hydroxylation is 2. The smallest absolute Gasteiger partial charge is 0.122 e. The summed E-state index contributed by atoms with van der Waals surface area (Å²) in [5, 5.41) is 0. The Labute approximate surface area is 114 Å². The lowest BCUT2D eigenvalue weighted by atomic mass is 9.94. The lowest BCUT2D eigenvalue weighted by molar-refractivity contribution is 0.314. The molecule has 100 valence electrons. The lowest BCUT2D eigenvalue weighted by Gasteiger charge is -2.17. The van der Waals surface area contributed by atoms with E-state index in [1.807, 2.05) is 12.4 Å². The first kappa shape index (κ1) is 12.4. The molecule has 0 spiro atoms. The molecule has 3 rings (SSSR count). The fourth-order valence-corrected chi connectivity index (χ4v) is 3.02. The highest BCUT2D eigenvalue weighted by atomic mass is 15.2. The highest BCUT2D eigenvalue weighted by Gasteiger charge is 2.25. The van der Waals surface area contributed by atoms with Crippen LogP contribution in [0, 0.1) is 6.92 Å². The molecule has 0 bridgehead atoms. The molecule has 3 nitrogen and oxygen atoms in total. The molecule has 1 saturated heterocycles. The quantitative estimate of drug-likeness (QED) is 0.841. The number of imidazole rings is 1. The standard InChI is InChI=1S/C16H21N3/c1-13-5-3-4-6-15(13)14-7-9-19(11-14)12-16-17-8-10-18(16)2/h3-6,8,10,14H,7,9,11-12H2,1-2H3/t14-/m1/s1. The molecule has 2 aromatic rings. The van der Waals surface area contributed by atoms with Crippen LogP contribution in [0.3, 0.4) is 0 Å². The average Bonchev–Trinajstić information content (AvgIpc) is 3.01. The molecule has 1 aromatic carbocycles. The Morgan fingerprint density at radius 3 is 2.89 bits per heavy atom. The van der Waals surface area contributed by atoms with Crippen molar-refractivity contribution in [1.29, 1.82) is 0 Å². The van der Waals surface area contributed by atoms with Crippen molar-refractivity contribution in [3.05, 3.63) is 53.6 Å². The number of likely N-dealkylation sites (tertiary alicyclic amines) is 1. The molecule has 0 amide bonds. The van der Waals surface area contributed by atoms with E-state index >= 15 is 0 Å². The van der Waals surface area contributed by atoms with E-state index in [9.17, 15) is 0 Å². The highest BCUT2D eigenvalue weighted by molar-refractivity contribution is 5.30. The third kappa shape index (κ3) is 2.56. The van der Waals surface area contributed by atoms with Gasteiger partial charge in [-0.2, -0.15) is 0 Å². The summed E-state index contributed by atoms with van der Waals surface area (Å²) < 4.78 is 2.11. The van der Waals surface area contributed by atoms with E-state index in [0.717, 1.165) is 18.9 Å². The van der Waals surface area contributed by atoms with Gasteiger partial charge in [0.05, 0.1) is 6.54 Å². The molecular weight excluding hydrogens is 234 g/mol. The molecule has 3 heteroatoms. The van der Waals surface area contributed by atoms with Crippen LogP contribution in [0.25, 0.3) is 0 Å². The maximum absolute atomic E-state index is 4.42. The molecule has 0 radical (unpaired) electrons. The minimum Gasteiger partial charge on any atom is -0.337 e. The van der Waals surface area contributed by atoms with Crippen LogP contribution in [-0.4, -0.2) is 27.5 Å². The largest absolute Gasteiger partial charge is 0.337 e. The Kier molecular flexibility index (Phi) is 3.38. The number of benzene rings is 1. The third-order valence-corrected chi connectivity index (χ3v) is 4.19. The summed E-state index contributed by atoms with van der Waals surface area (Å²) >= 11 is 0. The van der Waals surface area contributed by atoms with E-state index in [1.54, 1.807) is 0 Å². The van der Waals surface area contributed by atoms with Crippen LogP contribution in [-0.2, 0) is 13.6 Å². The minimum absolute atomic E-state index is 0.682. The van der Waals surface area contributed by atoms with E-state index in [-0.39, 0.29) is 0 Å². The molecule has 1 aliphatic rings. The van der Waals surface area contributed by atoms with Gasteiger partial charge in [-0.05, 0) is 36.9 Å². The van der Waals surface area contributed by atoms with Crippen molar-refractivity contribution in [1.82, 2.24) is 14.5 Å². The van der Waals surface area contributed by atoms with E-state index in [2.05, 4.69) is 52.7 Å². The zero-order valence-electron chi connectivity index (χ0n) is 11.7. The first-order chi connectivity index (χ1) is 9.24. The summed E-state index contributed by atoms with van der Waals surface area (Å²) in [6, 6.07) is 8.78. The van der Waals surface area contributed by atoms with Crippen molar-refractivity contribution in [2.75, 3.05) is 13.1 Å². The second-order valence-electron chi connectivity index (χ2n) is 5.53. The average molecular weight is 255 g/mol. The predicted octanol–water partition coefficient (Wildman–Crippen LogP) is 2.72. The maximum atomic E-state index is 4.42. The minimum atomic E-state index is 0.682. The SMILES string of the molecule is Cc1ccccc1[C@@H]1CCN(Cc2nccn2C)C1. The van der Waals surface area contributed by atoms with Crippen molar-refractivity contribution >= 4 is 0 Å². The third-order valence-electron chi connectivity index (χ3n) is 4.19. The van der Waals surface area contributed by atoms with Gasteiger partial charge in [0.1, 0.15) is 5.82 Å². The summed E-state index contributed by atoms with van der Waals surface area (Å²) in [6.07, 6.45) is 5.16. The van der Waals surface area contributed by atoms with Crippen LogP contribution in [0.2, 0.25) is 0 Å². The maximum Gasteiger partial charge on any atom is 0.122 e. The number of aromatic nitrogens is 2. The summed E-state index contributed by atoms with van der Waals surface area (Å²) in [7, 11) is 2.07. The van der Waals surface area contributed by atoms with Gasteiger partial charge in [-0.3, -0.25) is 4.90 Å². The molecule has 0 saturated carbocycles. The van der Waals surface area contributed by atoms with Crippen molar-refractivity contribution in [3.63, 3.8) is 0 Å². The molecule has 1 aliphatic heterocycles. The Morgan fingerprint density at radius 1 is 1.32 bits per heavy atom. The van der Waals surface area contributed by atoms with Crippen LogP contribution < -0.4 is 0 Å². The van der Waals surface area contributed by atoms with Gasteiger partial charge in [-0.25, -0.2) is 4.98 Å². The molecular formula is C16H21N3. The fraction of sp³-hybridized carbons (Fsp3) is 0.438. The molecule has 2 heterocycles. The molecule has 1 atom stereocenters. The van der Waals surface area contributed by atoms with Crippen LogP contribution in [0.4, 0.5) is 0 Å². The Bertz CT molecular complexity index is 559. The van der Waals surface area contributed by atoms with Gasteiger partial charge in [0, 0.05) is 26.0 Å². The summed E-state index contributed by atoms with van der Waals surface area (Å²) in [4.78, 5) is 6.93. The molecule has 1 aromatic heterocycles. The van der Waals surface area contributed by atoms with Crippen molar-refractivity contribution < 1.29 is 0 Å². The summed E-state index contributed by atoms with van der Waals surface area (Å²) in [5.74, 6) is 1.84. The van der Waals surface area contributed by atoms with E-state index in [0.29, 0.717) is 5.92 Å². The number of rotatable bonds is 3. The zero-order valence-corrected chi connectivity index (χ0v) is 11.7. The fourth-order valence-electron chi connectivity index (χ4n) is 3.02. The molecule has 0 N–H and O–H groups in total. The molecule has 0 unspecified atom stereocenters. The zero-order chi connectivity index (χ0) is 13.2. The van der Waals surface area contributed by atoms with Crippen molar-refractivity contribution in [2.45, 2.75) is 25.8 Å². The normalized spacial score (nSPS) is 20.0. The lowest BCUT2D eigenvalue weighted by Crippen LogP contribution is -2.21. The summed E-state index contributed by atoms with van der Waals surface area (Å²) in [5.41, 5.74) is 2.94. The number of nitrogens with zero attached hydrogens (tertiary/aromatic N) is 3. The van der Waals surface area contributed by atoms with Gasteiger partial charge < -0.3 is 4.57 Å². The van der Waals surface area contributed by atoms with Crippen LogP contribution in [0.15, 0.2) is 36.7 Å². The summed E-state index contributed by atoms with van der Waals surface area (Å²) in [6.45, 7) is 5.51. The van der Waals surface area contributed by atoms with Crippen LogP contribution in [0.1, 0.15) is 29.3 Å². The van der Waals surface area contributed by atoms with Gasteiger partial charge in [0.2, 0.25) is 0 Å². The van der Waals surface area contributed by atoms with Gasteiger partial charge >= 0.3 is 0 Å². The molecule has 19 heavy (non-hydrogen) atoms. The van der Waals surface area contributed by atoms with E-state index in [4.69, 9.17) is 0 Å². The second kappa shape index (κ2) is 5.17. The van der Waals surface area contributed by atoms with Crippen LogP contribution in [0.5, 0.6) is 0 Å². The predicted molar refractivity (Wildman–Crippen MR) is 77.0 cm³/mol. The Morgan fingerprint density at radius 2 is 2.16 bits per heavy atom. The van der Waals surface area contributed by atoms with Gasteiger partial charge in [-0.1, -0.05) is 24.3 Å². The first-order valence-corrected chi connectivity index (χ1v) is 6.98. The topological polar surface area (TPSA) is 21.1 Å². The monoisotopic (exact) mass is 255 g/mol.